The van der Waals surface area contributed by atoms with Gasteiger partial charge in [0.25, 0.3) is 0 Å². The summed E-state index contributed by atoms with van der Waals surface area (Å²) in [6.07, 6.45) is 2.10. The van der Waals surface area contributed by atoms with Crippen molar-refractivity contribution in [3.8, 4) is 5.75 Å². The van der Waals surface area contributed by atoms with Crippen LogP contribution in [0.1, 0.15) is 18.9 Å². The normalized spacial score (nSPS) is 11.8. The van der Waals surface area contributed by atoms with E-state index >= 15 is 0 Å². The predicted octanol–water partition coefficient (Wildman–Crippen LogP) is 2.66. The molecular formula is C13H16O3. The average molecular weight is 220 g/mol. The molecule has 0 heterocycles. The highest BCUT2D eigenvalue weighted by molar-refractivity contribution is 5.72. The van der Waals surface area contributed by atoms with Crippen LogP contribution in [-0.2, 0) is 11.2 Å². The monoisotopic (exact) mass is 220 g/mol. The van der Waals surface area contributed by atoms with Crippen molar-refractivity contribution in [1.82, 2.24) is 0 Å². The van der Waals surface area contributed by atoms with Crippen LogP contribution in [0.5, 0.6) is 5.75 Å². The van der Waals surface area contributed by atoms with Gasteiger partial charge in [0.15, 0.2) is 6.10 Å². The maximum Gasteiger partial charge on any atom is 0.344 e. The molecule has 0 aliphatic heterocycles. The third kappa shape index (κ3) is 3.12. The summed E-state index contributed by atoms with van der Waals surface area (Å²) < 4.78 is 5.46. The molecule has 1 atom stereocenters. The number of hydrogen-bond acceptors (Lipinski definition) is 2. The number of carboxylic acids is 1. The quantitative estimate of drug-likeness (QED) is 0.750. The number of ether oxygens (including phenoxy) is 1. The van der Waals surface area contributed by atoms with E-state index in [1.54, 1.807) is 19.1 Å². The van der Waals surface area contributed by atoms with Crippen molar-refractivity contribution in [2.75, 3.05) is 0 Å². The Labute approximate surface area is 95.4 Å². The number of carboxylic acid groups (broad SMARTS) is 1. The van der Waals surface area contributed by atoms with Gasteiger partial charge in [-0.15, -0.1) is 6.58 Å². The number of rotatable bonds is 6. The zero-order chi connectivity index (χ0) is 12.0. The second kappa shape index (κ2) is 5.95. The van der Waals surface area contributed by atoms with Gasteiger partial charge in [0.05, 0.1) is 0 Å². The summed E-state index contributed by atoms with van der Waals surface area (Å²) in [5.74, 6) is -0.312. The van der Waals surface area contributed by atoms with Crippen LogP contribution in [0.2, 0.25) is 0 Å². The van der Waals surface area contributed by atoms with Crippen molar-refractivity contribution < 1.29 is 14.6 Å². The van der Waals surface area contributed by atoms with Gasteiger partial charge >= 0.3 is 5.97 Å². The Morgan fingerprint density at radius 2 is 2.25 bits per heavy atom. The fourth-order valence-electron chi connectivity index (χ4n) is 1.40. The van der Waals surface area contributed by atoms with Crippen molar-refractivity contribution in [3.05, 3.63) is 42.5 Å². The highest BCUT2D eigenvalue weighted by atomic mass is 16.5. The molecule has 86 valence electrons. The lowest BCUT2D eigenvalue weighted by molar-refractivity contribution is -0.145. The summed E-state index contributed by atoms with van der Waals surface area (Å²) >= 11 is 0. The van der Waals surface area contributed by atoms with Gasteiger partial charge < -0.3 is 9.84 Å². The van der Waals surface area contributed by atoms with Crippen LogP contribution < -0.4 is 4.74 Å². The molecule has 16 heavy (non-hydrogen) atoms. The zero-order valence-corrected chi connectivity index (χ0v) is 9.35. The molecule has 1 aromatic carbocycles. The third-order valence-corrected chi connectivity index (χ3v) is 2.25. The number of hydrogen-bond donors (Lipinski definition) is 1. The fraction of sp³-hybridized carbons (Fsp3) is 0.308. The molecule has 0 saturated carbocycles. The Morgan fingerprint density at radius 3 is 2.81 bits per heavy atom. The van der Waals surface area contributed by atoms with Crippen LogP contribution in [0, 0.1) is 0 Å². The minimum absolute atomic E-state index is 0.442. The van der Waals surface area contributed by atoms with Gasteiger partial charge in [0, 0.05) is 0 Å². The first kappa shape index (κ1) is 12.3. The van der Waals surface area contributed by atoms with E-state index in [4.69, 9.17) is 9.84 Å². The van der Waals surface area contributed by atoms with Gasteiger partial charge in [0.1, 0.15) is 5.75 Å². The smallest absolute Gasteiger partial charge is 0.344 e. The summed E-state index contributed by atoms with van der Waals surface area (Å²) in [5.41, 5.74) is 0.956. The molecule has 0 aromatic heterocycles. The summed E-state index contributed by atoms with van der Waals surface area (Å²) in [6.45, 7) is 5.45. The van der Waals surface area contributed by atoms with Crippen LogP contribution >= 0.6 is 0 Å². The van der Waals surface area contributed by atoms with Gasteiger partial charge in [-0.2, -0.15) is 0 Å². The molecule has 1 aromatic rings. The summed E-state index contributed by atoms with van der Waals surface area (Å²) in [7, 11) is 0. The number of aliphatic carboxylic acids is 1. The number of benzene rings is 1. The minimum Gasteiger partial charge on any atom is -0.479 e. The number of allylic oxidation sites excluding steroid dienone is 1. The molecule has 0 saturated heterocycles. The van der Waals surface area contributed by atoms with E-state index < -0.39 is 12.1 Å². The fourth-order valence-corrected chi connectivity index (χ4v) is 1.40. The average Bonchev–Trinajstić information content (AvgIpc) is 2.27. The van der Waals surface area contributed by atoms with Gasteiger partial charge in [-0.25, -0.2) is 4.79 Å². The van der Waals surface area contributed by atoms with E-state index in [1.165, 1.54) is 0 Å². The zero-order valence-electron chi connectivity index (χ0n) is 9.35. The molecule has 0 amide bonds. The molecule has 0 bridgehead atoms. The lowest BCUT2D eigenvalue weighted by Gasteiger charge is -2.15. The molecule has 3 nitrogen and oxygen atoms in total. The van der Waals surface area contributed by atoms with E-state index in [0.717, 1.165) is 5.56 Å². The van der Waals surface area contributed by atoms with E-state index in [0.29, 0.717) is 18.6 Å². The van der Waals surface area contributed by atoms with Gasteiger partial charge in [-0.1, -0.05) is 31.2 Å². The maximum atomic E-state index is 10.9. The van der Waals surface area contributed by atoms with Crippen LogP contribution in [0.15, 0.2) is 36.9 Å². The molecule has 0 unspecified atom stereocenters. The Bertz CT molecular complexity index is 371. The first-order chi connectivity index (χ1) is 7.69. The van der Waals surface area contributed by atoms with Crippen molar-refractivity contribution in [3.63, 3.8) is 0 Å². The van der Waals surface area contributed by atoms with Gasteiger partial charge in [-0.3, -0.25) is 0 Å². The number of carbonyl (C=O) groups is 1. The van der Waals surface area contributed by atoms with Crippen LogP contribution in [-0.4, -0.2) is 17.2 Å². The summed E-state index contributed by atoms with van der Waals surface area (Å²) in [6, 6.07) is 7.42. The highest BCUT2D eigenvalue weighted by Crippen LogP contribution is 2.20. The van der Waals surface area contributed by atoms with E-state index in [1.807, 2.05) is 18.2 Å². The third-order valence-electron chi connectivity index (χ3n) is 2.25. The summed E-state index contributed by atoms with van der Waals surface area (Å²) in [4.78, 5) is 10.9. The second-order valence-corrected chi connectivity index (χ2v) is 3.45. The molecule has 0 fully saturated rings. The Morgan fingerprint density at radius 1 is 1.56 bits per heavy atom. The number of para-hydroxylation sites is 1. The summed E-state index contributed by atoms with van der Waals surface area (Å²) in [5, 5.41) is 8.91. The second-order valence-electron chi connectivity index (χ2n) is 3.45. The Balaban J connectivity index is 2.86. The Kier molecular flexibility index (Phi) is 4.58. The molecule has 0 aliphatic rings. The van der Waals surface area contributed by atoms with E-state index in [9.17, 15) is 4.79 Å². The SMILES string of the molecule is C=CCc1ccccc1O[C@@H](CC)C(=O)O. The van der Waals surface area contributed by atoms with E-state index in [-0.39, 0.29) is 0 Å². The van der Waals surface area contributed by atoms with Crippen molar-refractivity contribution in [2.45, 2.75) is 25.9 Å². The largest absolute Gasteiger partial charge is 0.479 e. The first-order valence-electron chi connectivity index (χ1n) is 5.27. The van der Waals surface area contributed by atoms with Crippen LogP contribution in [0.4, 0.5) is 0 Å². The molecule has 3 heteroatoms. The first-order valence-corrected chi connectivity index (χ1v) is 5.27. The van der Waals surface area contributed by atoms with Crippen LogP contribution in [0.3, 0.4) is 0 Å². The van der Waals surface area contributed by atoms with E-state index in [2.05, 4.69) is 6.58 Å². The van der Waals surface area contributed by atoms with Crippen molar-refractivity contribution in [1.29, 1.82) is 0 Å². The maximum absolute atomic E-state index is 10.9. The lowest BCUT2D eigenvalue weighted by Crippen LogP contribution is -2.26. The highest BCUT2D eigenvalue weighted by Gasteiger charge is 2.17. The standard InChI is InChI=1S/C13H16O3/c1-3-7-10-8-5-6-9-12(10)16-11(4-2)13(14)15/h3,5-6,8-9,11H,1,4,7H2,2H3,(H,14,15)/t11-/m0/s1. The topological polar surface area (TPSA) is 46.5 Å². The van der Waals surface area contributed by atoms with Crippen LogP contribution in [0.25, 0.3) is 0 Å². The Hall–Kier alpha value is -1.77. The van der Waals surface area contributed by atoms with Gasteiger partial charge in [-0.05, 0) is 24.5 Å². The predicted molar refractivity (Wildman–Crippen MR) is 62.7 cm³/mol. The molecule has 0 radical (unpaired) electrons. The van der Waals surface area contributed by atoms with Crippen molar-refractivity contribution >= 4 is 5.97 Å². The molecular weight excluding hydrogens is 204 g/mol. The molecule has 1 N–H and O–H groups in total. The molecule has 1 rings (SSSR count). The molecule has 0 spiro atoms. The van der Waals surface area contributed by atoms with Gasteiger partial charge in [0.2, 0.25) is 0 Å². The minimum atomic E-state index is -0.934. The molecule has 0 aliphatic carbocycles. The van der Waals surface area contributed by atoms with Crippen molar-refractivity contribution in [2.24, 2.45) is 0 Å². The lowest BCUT2D eigenvalue weighted by atomic mass is 10.1.